The fraction of sp³-hybridized carbons (Fsp3) is 0.200. The molecule has 1 aromatic carbocycles. The van der Waals surface area contributed by atoms with Crippen LogP contribution in [0.5, 0.6) is 5.75 Å². The summed E-state index contributed by atoms with van der Waals surface area (Å²) in [6.45, 7) is 2.40. The second-order valence-corrected chi connectivity index (χ2v) is 3.03. The van der Waals surface area contributed by atoms with Gasteiger partial charge < -0.3 is 10.5 Å². The van der Waals surface area contributed by atoms with Crippen molar-refractivity contribution in [2.75, 3.05) is 12.3 Å². The lowest BCUT2D eigenvalue weighted by Gasteiger charge is -2.05. The zero-order chi connectivity index (χ0) is 9.68. The lowest BCUT2D eigenvalue weighted by Crippen LogP contribution is -1.98. The number of rotatable bonds is 3. The number of hydrogen-bond donors (Lipinski definition) is 1. The molecule has 3 heteroatoms. The summed E-state index contributed by atoms with van der Waals surface area (Å²) in [7, 11) is 0. The third-order valence-corrected chi connectivity index (χ3v) is 1.88. The number of ether oxygens (including phenoxy) is 1. The van der Waals surface area contributed by atoms with Gasteiger partial charge in [-0.3, -0.25) is 0 Å². The van der Waals surface area contributed by atoms with Crippen LogP contribution in [0, 0.1) is 0 Å². The van der Waals surface area contributed by atoms with Crippen molar-refractivity contribution in [3.8, 4) is 5.75 Å². The lowest BCUT2D eigenvalue weighted by atomic mass is 10.3. The molecule has 1 aromatic rings. The van der Waals surface area contributed by atoms with Crippen molar-refractivity contribution in [1.82, 2.24) is 0 Å². The summed E-state index contributed by atoms with van der Waals surface area (Å²) >= 11 is 5.48. The Kier molecular flexibility index (Phi) is 3.65. The van der Waals surface area contributed by atoms with Crippen LogP contribution in [0.3, 0.4) is 0 Å². The average Bonchev–Trinajstić information content (AvgIpc) is 2.14. The number of anilines is 1. The lowest BCUT2D eigenvalue weighted by molar-refractivity contribution is 0.352. The zero-order valence-electron chi connectivity index (χ0n) is 7.46. The smallest absolute Gasteiger partial charge is 0.121 e. The molecule has 0 unspecified atom stereocenters. The molecular formula is C10H12ClNO. The molecule has 0 amide bonds. The highest BCUT2D eigenvalue weighted by atomic mass is 35.5. The summed E-state index contributed by atoms with van der Waals surface area (Å²) in [6, 6.07) is 7.31. The van der Waals surface area contributed by atoms with Gasteiger partial charge in [0, 0.05) is 17.3 Å². The monoisotopic (exact) mass is 197 g/mol. The maximum Gasteiger partial charge on any atom is 0.121 e. The first-order valence-electron chi connectivity index (χ1n) is 3.96. The zero-order valence-corrected chi connectivity index (χ0v) is 8.21. The van der Waals surface area contributed by atoms with E-state index in [-0.39, 0.29) is 0 Å². The number of nitrogens with two attached hydrogens (primary N) is 1. The van der Waals surface area contributed by atoms with Gasteiger partial charge in [0.15, 0.2) is 0 Å². The van der Waals surface area contributed by atoms with Gasteiger partial charge >= 0.3 is 0 Å². The Morgan fingerprint density at radius 3 is 3.00 bits per heavy atom. The van der Waals surface area contributed by atoms with Crippen LogP contribution in [0.4, 0.5) is 5.69 Å². The minimum atomic E-state index is 0.493. The molecule has 70 valence electrons. The molecular weight excluding hydrogens is 186 g/mol. The van der Waals surface area contributed by atoms with E-state index in [4.69, 9.17) is 22.1 Å². The normalized spacial score (nSPS) is 11.4. The molecule has 0 atom stereocenters. The molecule has 0 fully saturated rings. The molecule has 0 aliphatic carbocycles. The second-order valence-electron chi connectivity index (χ2n) is 2.82. The predicted molar refractivity (Wildman–Crippen MR) is 56.0 cm³/mol. The van der Waals surface area contributed by atoms with Crippen LogP contribution in [-0.4, -0.2) is 6.61 Å². The van der Waals surface area contributed by atoms with Gasteiger partial charge in [0.25, 0.3) is 0 Å². The third-order valence-electron chi connectivity index (χ3n) is 1.51. The van der Waals surface area contributed by atoms with Gasteiger partial charge in [0.05, 0.1) is 0 Å². The second kappa shape index (κ2) is 4.77. The van der Waals surface area contributed by atoms with Gasteiger partial charge in [-0.25, -0.2) is 0 Å². The highest BCUT2D eigenvalue weighted by Gasteiger charge is 1.94. The van der Waals surface area contributed by atoms with Gasteiger partial charge in [-0.15, -0.1) is 0 Å². The summed E-state index contributed by atoms with van der Waals surface area (Å²) in [5, 5.41) is 0. The van der Waals surface area contributed by atoms with E-state index in [2.05, 4.69) is 0 Å². The van der Waals surface area contributed by atoms with Crippen LogP contribution in [0.25, 0.3) is 0 Å². The first kappa shape index (κ1) is 9.93. The molecule has 0 saturated heterocycles. The first-order valence-corrected chi connectivity index (χ1v) is 4.40. The summed E-state index contributed by atoms with van der Waals surface area (Å²) in [4.78, 5) is 0. The van der Waals surface area contributed by atoms with Gasteiger partial charge in [0.2, 0.25) is 0 Å². The Morgan fingerprint density at radius 1 is 1.62 bits per heavy atom. The van der Waals surface area contributed by atoms with E-state index in [1.165, 1.54) is 5.54 Å². The molecule has 0 aliphatic rings. The van der Waals surface area contributed by atoms with E-state index in [0.717, 1.165) is 11.3 Å². The molecule has 1 rings (SSSR count). The van der Waals surface area contributed by atoms with Gasteiger partial charge in [-0.05, 0) is 24.6 Å². The van der Waals surface area contributed by atoms with Crippen molar-refractivity contribution in [3.63, 3.8) is 0 Å². The molecule has 0 bridgehead atoms. The summed E-state index contributed by atoms with van der Waals surface area (Å²) in [5.41, 5.74) is 8.76. The van der Waals surface area contributed by atoms with E-state index < -0.39 is 0 Å². The SMILES string of the molecule is C/C(=C/Cl)COc1cccc(N)c1. The maximum atomic E-state index is 5.58. The molecule has 0 aromatic heterocycles. The van der Waals surface area contributed by atoms with Gasteiger partial charge in [0.1, 0.15) is 12.4 Å². The third kappa shape index (κ3) is 3.38. The van der Waals surface area contributed by atoms with Crippen LogP contribution in [0.15, 0.2) is 35.4 Å². The van der Waals surface area contributed by atoms with E-state index in [1.807, 2.05) is 25.1 Å². The number of halogens is 1. The molecule has 2 N–H and O–H groups in total. The van der Waals surface area contributed by atoms with E-state index in [1.54, 1.807) is 6.07 Å². The van der Waals surface area contributed by atoms with Crippen molar-refractivity contribution in [3.05, 3.63) is 35.4 Å². The Hall–Kier alpha value is -1.15. The molecule has 0 spiro atoms. The Bertz CT molecular complexity index is 310. The average molecular weight is 198 g/mol. The summed E-state index contributed by atoms with van der Waals surface area (Å²) in [6.07, 6.45) is 0. The number of benzene rings is 1. The highest BCUT2D eigenvalue weighted by molar-refractivity contribution is 6.25. The molecule has 2 nitrogen and oxygen atoms in total. The van der Waals surface area contributed by atoms with E-state index in [0.29, 0.717) is 12.3 Å². The topological polar surface area (TPSA) is 35.2 Å². The van der Waals surface area contributed by atoms with E-state index in [9.17, 15) is 0 Å². The predicted octanol–water partition coefficient (Wildman–Crippen LogP) is 2.79. The largest absolute Gasteiger partial charge is 0.489 e. The van der Waals surface area contributed by atoms with Crippen molar-refractivity contribution in [2.45, 2.75) is 6.92 Å². The standard InChI is InChI=1S/C10H12ClNO/c1-8(6-11)7-13-10-4-2-3-9(12)5-10/h2-6H,7,12H2,1H3/b8-6-. The fourth-order valence-corrected chi connectivity index (χ4v) is 0.896. The van der Waals surface area contributed by atoms with Crippen LogP contribution in [-0.2, 0) is 0 Å². The quantitative estimate of drug-likeness (QED) is 0.757. The Balaban J connectivity index is 2.55. The van der Waals surface area contributed by atoms with Crippen LogP contribution < -0.4 is 10.5 Å². The van der Waals surface area contributed by atoms with Crippen LogP contribution in [0.2, 0.25) is 0 Å². The molecule has 13 heavy (non-hydrogen) atoms. The Labute approximate surface area is 83.0 Å². The fourth-order valence-electron chi connectivity index (χ4n) is 0.833. The summed E-state index contributed by atoms with van der Waals surface area (Å²) < 4.78 is 5.41. The maximum absolute atomic E-state index is 5.58. The van der Waals surface area contributed by atoms with Gasteiger partial charge in [-0.2, -0.15) is 0 Å². The van der Waals surface area contributed by atoms with Crippen LogP contribution in [0.1, 0.15) is 6.92 Å². The molecule has 0 heterocycles. The highest BCUT2D eigenvalue weighted by Crippen LogP contribution is 2.15. The van der Waals surface area contributed by atoms with Crippen molar-refractivity contribution in [2.24, 2.45) is 0 Å². The van der Waals surface area contributed by atoms with Crippen LogP contribution >= 0.6 is 11.6 Å². The van der Waals surface area contributed by atoms with Crippen molar-refractivity contribution < 1.29 is 4.74 Å². The van der Waals surface area contributed by atoms with Crippen molar-refractivity contribution in [1.29, 1.82) is 0 Å². The van der Waals surface area contributed by atoms with Crippen molar-refractivity contribution >= 4 is 17.3 Å². The summed E-state index contributed by atoms with van der Waals surface area (Å²) in [5.74, 6) is 0.762. The number of hydrogen-bond acceptors (Lipinski definition) is 2. The Morgan fingerprint density at radius 2 is 2.38 bits per heavy atom. The van der Waals surface area contributed by atoms with E-state index >= 15 is 0 Å². The first-order chi connectivity index (χ1) is 6.22. The van der Waals surface area contributed by atoms with Gasteiger partial charge in [-0.1, -0.05) is 17.7 Å². The molecule has 0 radical (unpaired) electrons. The minimum Gasteiger partial charge on any atom is -0.489 e. The minimum absolute atomic E-state index is 0.493. The molecule has 0 aliphatic heterocycles. The molecule has 0 saturated carbocycles. The number of nitrogen functional groups attached to an aromatic ring is 1.